The van der Waals surface area contributed by atoms with Crippen molar-refractivity contribution in [2.75, 3.05) is 7.11 Å². The average Bonchev–Trinajstić information content (AvgIpc) is 3.15. The van der Waals surface area contributed by atoms with Gasteiger partial charge in [-0.15, -0.1) is 11.3 Å². The van der Waals surface area contributed by atoms with E-state index in [1.165, 1.54) is 11.3 Å². The molecule has 1 amide bonds. The molecule has 1 unspecified atom stereocenters. The summed E-state index contributed by atoms with van der Waals surface area (Å²) in [5, 5.41) is 14.3. The Balaban J connectivity index is 1.91. The summed E-state index contributed by atoms with van der Waals surface area (Å²) < 4.78 is 5.37. The summed E-state index contributed by atoms with van der Waals surface area (Å²) in [5.41, 5.74) is -0.0854. The van der Waals surface area contributed by atoms with Gasteiger partial charge in [-0.1, -0.05) is 0 Å². The first-order valence-corrected chi connectivity index (χ1v) is 6.85. The molecule has 18 heavy (non-hydrogen) atoms. The first-order chi connectivity index (χ1) is 8.60. The van der Waals surface area contributed by atoms with E-state index in [0.717, 1.165) is 17.8 Å². The Morgan fingerprint density at radius 2 is 2.44 bits per heavy atom. The van der Waals surface area contributed by atoms with Crippen molar-refractivity contribution in [2.24, 2.45) is 5.92 Å². The second-order valence-corrected chi connectivity index (χ2v) is 5.60. The lowest BCUT2D eigenvalue weighted by Gasteiger charge is -2.26. The maximum absolute atomic E-state index is 12.1. The smallest absolute Gasteiger partial charge is 0.252 e. The van der Waals surface area contributed by atoms with Crippen LogP contribution in [0.2, 0.25) is 0 Å². The number of nitrogens with zero attached hydrogens (tertiary/aromatic N) is 1. The third-order valence-electron chi connectivity index (χ3n) is 3.39. The van der Waals surface area contributed by atoms with Crippen LogP contribution in [0.5, 0.6) is 0 Å². The molecule has 0 aliphatic heterocycles. The van der Waals surface area contributed by atoms with E-state index in [4.69, 9.17) is 9.84 Å². The van der Waals surface area contributed by atoms with Crippen LogP contribution in [0.3, 0.4) is 0 Å². The van der Waals surface area contributed by atoms with E-state index in [0.29, 0.717) is 18.2 Å². The zero-order valence-electron chi connectivity index (χ0n) is 10.6. The number of rotatable bonds is 6. The highest BCUT2D eigenvalue weighted by atomic mass is 32.1. The largest absolute Gasteiger partial charge is 0.390 e. The molecule has 1 aromatic rings. The van der Waals surface area contributed by atoms with E-state index >= 15 is 0 Å². The van der Waals surface area contributed by atoms with Crippen molar-refractivity contribution in [3.05, 3.63) is 16.1 Å². The molecule has 5 nitrogen and oxygen atoms in total. The molecule has 1 heterocycles. The molecule has 0 aromatic carbocycles. The van der Waals surface area contributed by atoms with Crippen molar-refractivity contribution in [3.63, 3.8) is 0 Å². The lowest BCUT2D eigenvalue weighted by atomic mass is 9.99. The Kier molecular flexibility index (Phi) is 3.99. The summed E-state index contributed by atoms with van der Waals surface area (Å²) in [6, 6.07) is 0. The molecule has 100 valence electrons. The molecule has 2 N–H and O–H groups in total. The average molecular weight is 270 g/mol. The normalized spacial score (nSPS) is 18.4. The SMILES string of the molecule is COC(C)(C(=O)NCc1nc(CO)cs1)C1CC1. The first kappa shape index (κ1) is 13.5. The van der Waals surface area contributed by atoms with Crippen molar-refractivity contribution >= 4 is 17.2 Å². The van der Waals surface area contributed by atoms with E-state index in [-0.39, 0.29) is 12.5 Å². The van der Waals surface area contributed by atoms with Gasteiger partial charge in [0.2, 0.25) is 0 Å². The molecule has 1 saturated carbocycles. The van der Waals surface area contributed by atoms with Gasteiger partial charge in [0.15, 0.2) is 0 Å². The number of carbonyl (C=O) groups is 1. The maximum Gasteiger partial charge on any atom is 0.252 e. The lowest BCUT2D eigenvalue weighted by molar-refractivity contribution is -0.144. The Bertz CT molecular complexity index is 431. The molecule has 0 spiro atoms. The molecule has 0 bridgehead atoms. The Morgan fingerprint density at radius 3 is 2.94 bits per heavy atom. The van der Waals surface area contributed by atoms with Gasteiger partial charge in [0, 0.05) is 12.5 Å². The van der Waals surface area contributed by atoms with E-state index in [2.05, 4.69) is 10.3 Å². The highest BCUT2D eigenvalue weighted by molar-refractivity contribution is 7.09. The molecule has 2 rings (SSSR count). The van der Waals surface area contributed by atoms with Gasteiger partial charge in [0.25, 0.3) is 5.91 Å². The predicted octanol–water partition coefficient (Wildman–Crippen LogP) is 1.07. The zero-order chi connectivity index (χ0) is 13.2. The van der Waals surface area contributed by atoms with Gasteiger partial charge in [-0.05, 0) is 25.7 Å². The number of ether oxygens (including phenoxy) is 1. The fourth-order valence-corrected chi connectivity index (χ4v) is 2.64. The molecule has 1 aromatic heterocycles. The number of hydrogen-bond acceptors (Lipinski definition) is 5. The number of aromatic nitrogens is 1. The van der Waals surface area contributed by atoms with Crippen LogP contribution in [0.15, 0.2) is 5.38 Å². The van der Waals surface area contributed by atoms with Crippen LogP contribution < -0.4 is 5.32 Å². The molecular weight excluding hydrogens is 252 g/mol. The Hall–Kier alpha value is -0.980. The molecule has 0 radical (unpaired) electrons. The minimum atomic E-state index is -0.725. The van der Waals surface area contributed by atoms with Gasteiger partial charge >= 0.3 is 0 Å². The maximum atomic E-state index is 12.1. The van der Waals surface area contributed by atoms with Crippen molar-refractivity contribution in [1.29, 1.82) is 0 Å². The van der Waals surface area contributed by atoms with Crippen LogP contribution in [0.1, 0.15) is 30.5 Å². The molecule has 1 aliphatic carbocycles. The van der Waals surface area contributed by atoms with Crippen molar-refractivity contribution < 1.29 is 14.6 Å². The summed E-state index contributed by atoms with van der Waals surface area (Å²) in [6.07, 6.45) is 2.09. The van der Waals surface area contributed by atoms with E-state index in [9.17, 15) is 4.79 Å². The highest BCUT2D eigenvalue weighted by Gasteiger charge is 2.47. The molecule has 1 atom stereocenters. The van der Waals surface area contributed by atoms with Gasteiger partial charge in [0.1, 0.15) is 10.6 Å². The van der Waals surface area contributed by atoms with Crippen LogP contribution in [0.4, 0.5) is 0 Å². The number of aliphatic hydroxyl groups excluding tert-OH is 1. The minimum absolute atomic E-state index is 0.0672. The summed E-state index contributed by atoms with van der Waals surface area (Å²) >= 11 is 1.43. The second kappa shape index (κ2) is 5.34. The minimum Gasteiger partial charge on any atom is -0.390 e. The summed E-state index contributed by atoms with van der Waals surface area (Å²) in [4.78, 5) is 16.3. The number of carbonyl (C=O) groups excluding carboxylic acids is 1. The summed E-state index contributed by atoms with van der Waals surface area (Å²) in [7, 11) is 1.57. The standard InChI is InChI=1S/C12H18N2O3S/c1-12(17-2,8-3-4-8)11(16)13-5-10-14-9(6-15)7-18-10/h7-8,15H,3-6H2,1-2H3,(H,13,16). The van der Waals surface area contributed by atoms with Crippen molar-refractivity contribution in [2.45, 2.75) is 38.5 Å². The van der Waals surface area contributed by atoms with Crippen molar-refractivity contribution in [3.8, 4) is 0 Å². The van der Waals surface area contributed by atoms with E-state index in [1.54, 1.807) is 12.5 Å². The fourth-order valence-electron chi connectivity index (χ4n) is 1.91. The number of methoxy groups -OCH3 is 1. The summed E-state index contributed by atoms with van der Waals surface area (Å²) in [5.74, 6) is 0.236. The van der Waals surface area contributed by atoms with E-state index < -0.39 is 5.60 Å². The number of aliphatic hydroxyl groups is 1. The van der Waals surface area contributed by atoms with Gasteiger partial charge in [-0.3, -0.25) is 4.79 Å². The predicted molar refractivity (Wildman–Crippen MR) is 68.0 cm³/mol. The third kappa shape index (κ3) is 2.71. The quantitative estimate of drug-likeness (QED) is 0.811. The van der Waals surface area contributed by atoms with Crippen molar-refractivity contribution in [1.82, 2.24) is 10.3 Å². The van der Waals surface area contributed by atoms with Crippen LogP contribution in [-0.2, 0) is 22.7 Å². The van der Waals surface area contributed by atoms with Crippen LogP contribution in [0, 0.1) is 5.92 Å². The number of hydrogen-bond donors (Lipinski definition) is 2. The molecule has 1 fully saturated rings. The molecule has 0 saturated heterocycles. The third-order valence-corrected chi connectivity index (χ3v) is 4.29. The topological polar surface area (TPSA) is 71.5 Å². The van der Waals surface area contributed by atoms with Gasteiger partial charge in [-0.2, -0.15) is 0 Å². The monoisotopic (exact) mass is 270 g/mol. The van der Waals surface area contributed by atoms with E-state index in [1.807, 2.05) is 6.92 Å². The first-order valence-electron chi connectivity index (χ1n) is 5.97. The van der Waals surface area contributed by atoms with Gasteiger partial charge in [-0.25, -0.2) is 4.98 Å². The van der Waals surface area contributed by atoms with Gasteiger partial charge in [0.05, 0.1) is 18.8 Å². The fraction of sp³-hybridized carbons (Fsp3) is 0.667. The zero-order valence-corrected chi connectivity index (χ0v) is 11.4. The highest BCUT2D eigenvalue weighted by Crippen LogP contribution is 2.41. The number of thiazole rings is 1. The molecule has 6 heteroatoms. The van der Waals surface area contributed by atoms with Crippen LogP contribution >= 0.6 is 11.3 Å². The van der Waals surface area contributed by atoms with Gasteiger partial charge < -0.3 is 15.2 Å². The number of nitrogens with one attached hydrogen (secondary N) is 1. The van der Waals surface area contributed by atoms with Crippen LogP contribution in [0.25, 0.3) is 0 Å². The molecule has 1 aliphatic rings. The second-order valence-electron chi connectivity index (χ2n) is 4.66. The Labute approximate surface area is 110 Å². The summed E-state index contributed by atoms with van der Waals surface area (Å²) in [6.45, 7) is 2.15. The molecular formula is C12H18N2O3S. The number of amides is 1. The Morgan fingerprint density at radius 1 is 1.72 bits per heavy atom. The van der Waals surface area contributed by atoms with Crippen LogP contribution in [-0.4, -0.2) is 28.7 Å². The lowest BCUT2D eigenvalue weighted by Crippen LogP contribution is -2.47.